The van der Waals surface area contributed by atoms with Gasteiger partial charge in [0.25, 0.3) is 0 Å². The number of amides is 1. The smallest absolute Gasteiger partial charge is 0.355 e. The second-order valence-electron chi connectivity index (χ2n) is 7.81. The van der Waals surface area contributed by atoms with Crippen LogP contribution in [0.15, 0.2) is 96.1 Å². The van der Waals surface area contributed by atoms with Crippen LogP contribution in [0.3, 0.4) is 0 Å². The molecule has 0 aliphatic rings. The molecule has 0 radical (unpaired) electrons. The normalized spacial score (nSPS) is 11.2. The minimum atomic E-state index is -0.520. The second kappa shape index (κ2) is 10.1. The number of benzene rings is 4. The maximum atomic E-state index is 12.7. The Bertz CT molecular complexity index is 1590. The average Bonchev–Trinajstić information content (AvgIpc) is 3.21. The molecular formula is C28H19ClN2O3S. The molecule has 172 valence electrons. The first kappa shape index (κ1) is 22.8. The molecule has 1 amide bonds. The molecule has 0 saturated carbocycles. The fourth-order valence-corrected chi connectivity index (χ4v) is 5.18. The molecule has 5 rings (SSSR count). The molecule has 1 aromatic heterocycles. The van der Waals surface area contributed by atoms with Crippen molar-refractivity contribution in [3.05, 3.63) is 112 Å². The molecule has 0 spiro atoms. The van der Waals surface area contributed by atoms with Gasteiger partial charge in [0, 0.05) is 10.1 Å². The lowest BCUT2D eigenvalue weighted by atomic mass is 10.0. The summed E-state index contributed by atoms with van der Waals surface area (Å²) in [4.78, 5) is 25.5. The highest BCUT2D eigenvalue weighted by atomic mass is 35.5. The van der Waals surface area contributed by atoms with Crippen molar-refractivity contribution >= 4 is 61.9 Å². The molecule has 1 N–H and O–H groups in total. The van der Waals surface area contributed by atoms with Crippen LogP contribution in [0.2, 0.25) is 5.02 Å². The number of carbonyl (C=O) groups excluding carboxylic acids is 2. The van der Waals surface area contributed by atoms with Crippen LogP contribution in [0.4, 0.5) is 0 Å². The van der Waals surface area contributed by atoms with E-state index < -0.39 is 5.97 Å². The SMILES string of the molecule is O=C(Cc1cccc2ccccc12)N/N=C\c1cccc(OC(=O)c2sc3ccccc3c2Cl)c1. The van der Waals surface area contributed by atoms with E-state index in [1.807, 2.05) is 66.7 Å². The Morgan fingerprint density at radius 1 is 0.914 bits per heavy atom. The van der Waals surface area contributed by atoms with Gasteiger partial charge in [0.15, 0.2) is 0 Å². The predicted octanol–water partition coefficient (Wildman–Crippen LogP) is 6.62. The first-order chi connectivity index (χ1) is 17.1. The number of fused-ring (bicyclic) bond motifs is 2. The lowest BCUT2D eigenvalue weighted by Gasteiger charge is -2.06. The number of carbonyl (C=O) groups is 2. The van der Waals surface area contributed by atoms with Crippen LogP contribution in [0.1, 0.15) is 20.8 Å². The molecule has 35 heavy (non-hydrogen) atoms. The van der Waals surface area contributed by atoms with Crippen LogP contribution in [0.25, 0.3) is 20.9 Å². The van der Waals surface area contributed by atoms with Gasteiger partial charge in [0.05, 0.1) is 17.7 Å². The van der Waals surface area contributed by atoms with E-state index >= 15 is 0 Å². The Morgan fingerprint density at radius 3 is 2.51 bits per heavy atom. The molecule has 1 heterocycles. The van der Waals surface area contributed by atoms with Gasteiger partial charge in [-0.15, -0.1) is 11.3 Å². The van der Waals surface area contributed by atoms with Gasteiger partial charge >= 0.3 is 5.97 Å². The van der Waals surface area contributed by atoms with Gasteiger partial charge in [-0.2, -0.15) is 5.10 Å². The lowest BCUT2D eigenvalue weighted by molar-refractivity contribution is -0.120. The highest BCUT2D eigenvalue weighted by molar-refractivity contribution is 7.21. The minimum Gasteiger partial charge on any atom is -0.422 e. The third kappa shape index (κ3) is 5.09. The van der Waals surface area contributed by atoms with Gasteiger partial charge in [0.1, 0.15) is 10.6 Å². The molecule has 0 aliphatic carbocycles. The number of hydrazone groups is 1. The number of rotatable bonds is 6. The zero-order valence-electron chi connectivity index (χ0n) is 18.4. The Balaban J connectivity index is 1.23. The van der Waals surface area contributed by atoms with Crippen molar-refractivity contribution in [3.63, 3.8) is 0 Å². The molecule has 0 atom stereocenters. The third-order valence-electron chi connectivity index (χ3n) is 5.42. The van der Waals surface area contributed by atoms with E-state index in [0.29, 0.717) is 21.2 Å². The number of ether oxygens (including phenoxy) is 1. The van der Waals surface area contributed by atoms with Gasteiger partial charge in [0.2, 0.25) is 5.91 Å². The van der Waals surface area contributed by atoms with E-state index in [-0.39, 0.29) is 12.3 Å². The second-order valence-corrected chi connectivity index (χ2v) is 9.24. The summed E-state index contributed by atoms with van der Waals surface area (Å²) in [5.41, 5.74) is 4.16. The molecule has 0 saturated heterocycles. The van der Waals surface area contributed by atoms with E-state index in [9.17, 15) is 9.59 Å². The topological polar surface area (TPSA) is 67.8 Å². The Morgan fingerprint density at radius 2 is 1.66 bits per heavy atom. The fraction of sp³-hybridized carbons (Fsp3) is 0.0357. The average molecular weight is 499 g/mol. The van der Waals surface area contributed by atoms with E-state index in [2.05, 4.69) is 10.5 Å². The van der Waals surface area contributed by atoms with Crippen molar-refractivity contribution in [1.29, 1.82) is 0 Å². The fourth-order valence-electron chi connectivity index (χ4n) is 3.79. The van der Waals surface area contributed by atoms with Gasteiger partial charge < -0.3 is 4.74 Å². The van der Waals surface area contributed by atoms with E-state index in [0.717, 1.165) is 26.4 Å². The minimum absolute atomic E-state index is 0.215. The van der Waals surface area contributed by atoms with Crippen molar-refractivity contribution in [2.45, 2.75) is 6.42 Å². The van der Waals surface area contributed by atoms with Crippen LogP contribution in [0.5, 0.6) is 5.75 Å². The summed E-state index contributed by atoms with van der Waals surface area (Å²) in [6.07, 6.45) is 1.72. The highest BCUT2D eigenvalue weighted by Gasteiger charge is 2.19. The zero-order chi connectivity index (χ0) is 24.2. The van der Waals surface area contributed by atoms with Gasteiger partial charge in [-0.1, -0.05) is 84.4 Å². The van der Waals surface area contributed by atoms with E-state index in [4.69, 9.17) is 16.3 Å². The molecule has 0 fully saturated rings. The summed E-state index contributed by atoms with van der Waals surface area (Å²) in [6.45, 7) is 0. The first-order valence-corrected chi connectivity index (χ1v) is 12.1. The van der Waals surface area contributed by atoms with Gasteiger partial charge in [-0.25, -0.2) is 10.2 Å². The summed E-state index contributed by atoms with van der Waals surface area (Å²) < 4.78 is 6.46. The van der Waals surface area contributed by atoms with Gasteiger partial charge in [-0.3, -0.25) is 4.79 Å². The van der Waals surface area contributed by atoms with E-state index in [1.54, 1.807) is 24.3 Å². The van der Waals surface area contributed by atoms with Crippen molar-refractivity contribution in [1.82, 2.24) is 5.43 Å². The maximum absolute atomic E-state index is 12.7. The van der Waals surface area contributed by atoms with Crippen LogP contribution in [0, 0.1) is 0 Å². The highest BCUT2D eigenvalue weighted by Crippen LogP contribution is 2.35. The number of nitrogens with one attached hydrogen (secondary N) is 1. The van der Waals surface area contributed by atoms with Crippen LogP contribution < -0.4 is 10.2 Å². The molecule has 5 aromatic rings. The molecule has 4 aromatic carbocycles. The van der Waals surface area contributed by atoms with Crippen molar-refractivity contribution in [3.8, 4) is 5.75 Å². The van der Waals surface area contributed by atoms with Crippen molar-refractivity contribution in [2.75, 3.05) is 0 Å². The van der Waals surface area contributed by atoms with Crippen LogP contribution in [-0.2, 0) is 11.2 Å². The summed E-state index contributed by atoms with van der Waals surface area (Å²) in [6, 6.07) is 28.3. The standard InChI is InChI=1S/C28H19ClN2O3S/c29-26-23-13-3-4-14-24(23)35-27(26)28(33)34-21-11-5-7-18(15-21)17-30-31-25(32)16-20-10-6-9-19-8-1-2-12-22(19)20/h1-15,17H,16H2,(H,31,32)/b30-17-. The molecule has 0 unspecified atom stereocenters. The Labute approximate surface area is 210 Å². The molecule has 0 bridgehead atoms. The lowest BCUT2D eigenvalue weighted by Crippen LogP contribution is -2.19. The summed E-state index contributed by atoms with van der Waals surface area (Å²) in [7, 11) is 0. The van der Waals surface area contributed by atoms with E-state index in [1.165, 1.54) is 17.6 Å². The zero-order valence-corrected chi connectivity index (χ0v) is 20.0. The maximum Gasteiger partial charge on any atom is 0.355 e. The van der Waals surface area contributed by atoms with Crippen molar-refractivity contribution < 1.29 is 14.3 Å². The molecule has 5 nitrogen and oxygen atoms in total. The number of hydrogen-bond donors (Lipinski definition) is 1. The quantitative estimate of drug-likeness (QED) is 0.124. The molecule has 0 aliphatic heterocycles. The Hall–Kier alpha value is -4.00. The number of thiophene rings is 1. The van der Waals surface area contributed by atoms with Gasteiger partial charge in [-0.05, 0) is 40.1 Å². The number of halogens is 1. The summed E-state index contributed by atoms with van der Waals surface area (Å²) in [5, 5.41) is 7.40. The van der Waals surface area contributed by atoms with Crippen molar-refractivity contribution in [2.24, 2.45) is 5.10 Å². The molecule has 7 heteroatoms. The molecular weight excluding hydrogens is 480 g/mol. The number of nitrogens with zero attached hydrogens (tertiary/aromatic N) is 1. The summed E-state index contributed by atoms with van der Waals surface area (Å²) in [5.74, 6) is -0.386. The number of hydrogen-bond acceptors (Lipinski definition) is 5. The van der Waals surface area contributed by atoms with Crippen LogP contribution in [-0.4, -0.2) is 18.1 Å². The number of esters is 1. The van der Waals surface area contributed by atoms with Crippen LogP contribution >= 0.6 is 22.9 Å². The summed E-state index contributed by atoms with van der Waals surface area (Å²) >= 11 is 7.68. The monoisotopic (exact) mass is 498 g/mol. The first-order valence-electron chi connectivity index (χ1n) is 10.9. The third-order valence-corrected chi connectivity index (χ3v) is 7.08. The predicted molar refractivity (Wildman–Crippen MR) is 142 cm³/mol. The largest absolute Gasteiger partial charge is 0.422 e. The Kier molecular flexibility index (Phi) is 6.57.